The van der Waals surface area contributed by atoms with E-state index in [0.717, 1.165) is 30.6 Å². The predicted octanol–water partition coefficient (Wildman–Crippen LogP) is 2.99. The van der Waals surface area contributed by atoms with Crippen molar-refractivity contribution >= 4 is 11.9 Å². The van der Waals surface area contributed by atoms with Crippen LogP contribution in [0.4, 0.5) is 0 Å². The molecule has 2 saturated heterocycles. The Hall–Kier alpha value is -2.08. The molecule has 2 aliphatic heterocycles. The topological polar surface area (TPSA) is 76.1 Å². The molecule has 2 heterocycles. The molecule has 2 unspecified atom stereocenters. The molecular formula is C22H31NO5. The van der Waals surface area contributed by atoms with Gasteiger partial charge in [0.15, 0.2) is 0 Å². The number of carboxylic acids is 1. The maximum absolute atomic E-state index is 12.7. The molecule has 28 heavy (non-hydrogen) atoms. The SMILES string of the molecule is COc1ccccc1CC(C)CC(=O)N1CCC([C@@H]2OCCC2C(=O)O)CC1. The van der Waals surface area contributed by atoms with Gasteiger partial charge in [0, 0.05) is 26.1 Å². The number of benzene rings is 1. The Morgan fingerprint density at radius 3 is 2.64 bits per heavy atom. The molecule has 0 bridgehead atoms. The van der Waals surface area contributed by atoms with Gasteiger partial charge in [0.25, 0.3) is 0 Å². The minimum Gasteiger partial charge on any atom is -0.496 e. The molecule has 3 atom stereocenters. The van der Waals surface area contributed by atoms with Gasteiger partial charge >= 0.3 is 5.97 Å². The minimum atomic E-state index is -0.758. The van der Waals surface area contributed by atoms with Crippen molar-refractivity contribution in [2.75, 3.05) is 26.8 Å². The second-order valence-corrected chi connectivity index (χ2v) is 8.11. The van der Waals surface area contributed by atoms with Crippen LogP contribution in [0.1, 0.15) is 38.2 Å². The van der Waals surface area contributed by atoms with E-state index in [9.17, 15) is 14.7 Å². The zero-order chi connectivity index (χ0) is 20.1. The van der Waals surface area contributed by atoms with E-state index >= 15 is 0 Å². The standard InChI is InChI=1S/C22H31NO5/c1-15(13-17-5-3-4-6-19(17)27-2)14-20(24)23-10-7-16(8-11-23)21-18(22(25)26)9-12-28-21/h3-6,15-16,18,21H,7-14H2,1-2H3,(H,25,26)/t15?,18?,21-/m0/s1. The van der Waals surface area contributed by atoms with Gasteiger partial charge in [-0.1, -0.05) is 25.1 Å². The molecule has 154 valence electrons. The number of hydrogen-bond acceptors (Lipinski definition) is 4. The molecule has 6 nitrogen and oxygen atoms in total. The fourth-order valence-electron chi connectivity index (χ4n) is 4.56. The Labute approximate surface area is 166 Å². The maximum Gasteiger partial charge on any atom is 0.309 e. The van der Waals surface area contributed by atoms with Crippen molar-refractivity contribution < 1.29 is 24.2 Å². The van der Waals surface area contributed by atoms with Crippen LogP contribution in [0.2, 0.25) is 0 Å². The number of carbonyl (C=O) groups excluding carboxylic acids is 1. The molecule has 2 fully saturated rings. The minimum absolute atomic E-state index is 0.183. The van der Waals surface area contributed by atoms with Crippen LogP contribution in [0.3, 0.4) is 0 Å². The van der Waals surface area contributed by atoms with Crippen LogP contribution in [0.25, 0.3) is 0 Å². The molecule has 1 aromatic carbocycles. The summed E-state index contributed by atoms with van der Waals surface area (Å²) in [5.74, 6) is 0.365. The van der Waals surface area contributed by atoms with Crippen LogP contribution < -0.4 is 4.74 Å². The summed E-state index contributed by atoms with van der Waals surface area (Å²) in [4.78, 5) is 26.0. The normalized spacial score (nSPS) is 24.1. The van der Waals surface area contributed by atoms with Gasteiger partial charge < -0.3 is 19.5 Å². The van der Waals surface area contributed by atoms with Crippen LogP contribution in [-0.4, -0.2) is 54.8 Å². The van der Waals surface area contributed by atoms with Crippen molar-refractivity contribution in [2.24, 2.45) is 17.8 Å². The molecule has 0 saturated carbocycles. The lowest BCUT2D eigenvalue weighted by Gasteiger charge is -2.36. The van der Waals surface area contributed by atoms with E-state index in [4.69, 9.17) is 9.47 Å². The van der Waals surface area contributed by atoms with E-state index in [1.54, 1.807) is 7.11 Å². The Bertz CT molecular complexity index is 683. The monoisotopic (exact) mass is 389 g/mol. The number of methoxy groups -OCH3 is 1. The number of carboxylic acid groups (broad SMARTS) is 1. The third-order valence-corrected chi connectivity index (χ3v) is 6.09. The summed E-state index contributed by atoms with van der Waals surface area (Å²) in [5.41, 5.74) is 1.13. The van der Waals surface area contributed by atoms with Crippen molar-refractivity contribution in [1.29, 1.82) is 0 Å². The summed E-state index contributed by atoms with van der Waals surface area (Å²) in [7, 11) is 1.67. The fourth-order valence-corrected chi connectivity index (χ4v) is 4.56. The molecule has 1 amide bonds. The van der Waals surface area contributed by atoms with Gasteiger partial charge in [0.2, 0.25) is 5.91 Å². The average molecular weight is 389 g/mol. The molecule has 0 radical (unpaired) electrons. The highest BCUT2D eigenvalue weighted by Crippen LogP contribution is 2.33. The van der Waals surface area contributed by atoms with E-state index in [2.05, 4.69) is 6.92 Å². The smallest absolute Gasteiger partial charge is 0.309 e. The van der Waals surface area contributed by atoms with E-state index in [1.807, 2.05) is 29.2 Å². The first kappa shape index (κ1) is 20.6. The highest BCUT2D eigenvalue weighted by molar-refractivity contribution is 5.76. The Morgan fingerprint density at radius 2 is 1.96 bits per heavy atom. The second kappa shape index (κ2) is 9.41. The lowest BCUT2D eigenvalue weighted by Crippen LogP contribution is -2.43. The Balaban J connectivity index is 1.48. The number of hydrogen-bond donors (Lipinski definition) is 1. The van der Waals surface area contributed by atoms with Crippen LogP contribution in [-0.2, 0) is 20.7 Å². The molecule has 6 heteroatoms. The van der Waals surface area contributed by atoms with Crippen molar-refractivity contribution in [3.63, 3.8) is 0 Å². The molecule has 2 aliphatic rings. The van der Waals surface area contributed by atoms with Crippen LogP contribution in [0, 0.1) is 17.8 Å². The summed E-state index contributed by atoms with van der Waals surface area (Å²) in [5, 5.41) is 9.36. The zero-order valence-electron chi connectivity index (χ0n) is 16.8. The number of para-hydroxylation sites is 1. The highest BCUT2D eigenvalue weighted by Gasteiger charge is 2.40. The Kier molecular flexibility index (Phi) is 6.94. The number of rotatable bonds is 7. The predicted molar refractivity (Wildman–Crippen MR) is 105 cm³/mol. The Morgan fingerprint density at radius 1 is 1.25 bits per heavy atom. The summed E-state index contributed by atoms with van der Waals surface area (Å²) >= 11 is 0. The number of carbonyl (C=O) groups is 2. The molecule has 0 aromatic heterocycles. The maximum atomic E-state index is 12.7. The summed E-state index contributed by atoms with van der Waals surface area (Å²) in [6.45, 7) is 4.01. The lowest BCUT2D eigenvalue weighted by atomic mass is 9.84. The molecule has 0 aliphatic carbocycles. The molecular weight excluding hydrogens is 358 g/mol. The van der Waals surface area contributed by atoms with Gasteiger partial charge in [-0.25, -0.2) is 0 Å². The molecule has 3 rings (SSSR count). The molecule has 1 N–H and O–H groups in total. The lowest BCUT2D eigenvalue weighted by molar-refractivity contribution is -0.146. The van der Waals surface area contributed by atoms with Crippen molar-refractivity contribution in [3.8, 4) is 5.75 Å². The van der Waals surface area contributed by atoms with E-state index in [1.165, 1.54) is 0 Å². The van der Waals surface area contributed by atoms with Gasteiger partial charge in [-0.15, -0.1) is 0 Å². The molecule has 1 aromatic rings. The summed E-state index contributed by atoms with van der Waals surface area (Å²) in [6, 6.07) is 7.94. The van der Waals surface area contributed by atoms with Gasteiger partial charge in [0.05, 0.1) is 19.1 Å². The third kappa shape index (κ3) is 4.85. The number of nitrogens with zero attached hydrogens (tertiary/aromatic N) is 1. The summed E-state index contributed by atoms with van der Waals surface area (Å²) < 4.78 is 11.1. The largest absolute Gasteiger partial charge is 0.496 e. The summed E-state index contributed by atoms with van der Waals surface area (Å²) in [6.07, 6.45) is 3.36. The quantitative estimate of drug-likeness (QED) is 0.776. The van der Waals surface area contributed by atoms with E-state index < -0.39 is 11.9 Å². The first-order valence-electron chi connectivity index (χ1n) is 10.2. The van der Waals surface area contributed by atoms with Crippen LogP contribution in [0.5, 0.6) is 5.75 Å². The first-order chi connectivity index (χ1) is 13.5. The first-order valence-corrected chi connectivity index (χ1v) is 10.2. The molecule has 0 spiro atoms. The van der Waals surface area contributed by atoms with Gasteiger partial charge in [0.1, 0.15) is 5.75 Å². The van der Waals surface area contributed by atoms with Crippen LogP contribution in [0.15, 0.2) is 24.3 Å². The van der Waals surface area contributed by atoms with Gasteiger partial charge in [-0.2, -0.15) is 0 Å². The van der Waals surface area contributed by atoms with E-state index in [-0.39, 0.29) is 23.8 Å². The van der Waals surface area contributed by atoms with Crippen molar-refractivity contribution in [3.05, 3.63) is 29.8 Å². The number of likely N-dealkylation sites (tertiary alicyclic amines) is 1. The average Bonchev–Trinajstić information content (AvgIpc) is 3.18. The second-order valence-electron chi connectivity index (χ2n) is 8.11. The van der Waals surface area contributed by atoms with Crippen molar-refractivity contribution in [2.45, 2.75) is 45.1 Å². The zero-order valence-corrected chi connectivity index (χ0v) is 16.8. The highest BCUT2D eigenvalue weighted by atomic mass is 16.5. The third-order valence-electron chi connectivity index (χ3n) is 6.09. The fraction of sp³-hybridized carbons (Fsp3) is 0.636. The number of aliphatic carboxylic acids is 1. The number of amides is 1. The van der Waals surface area contributed by atoms with Crippen molar-refractivity contribution in [1.82, 2.24) is 4.90 Å². The van der Waals surface area contributed by atoms with Gasteiger partial charge in [-0.3, -0.25) is 9.59 Å². The van der Waals surface area contributed by atoms with Crippen LogP contribution >= 0.6 is 0 Å². The van der Waals surface area contributed by atoms with E-state index in [0.29, 0.717) is 32.5 Å². The number of piperidine rings is 1. The van der Waals surface area contributed by atoms with Gasteiger partial charge in [-0.05, 0) is 49.1 Å². The number of ether oxygens (including phenoxy) is 2.